The van der Waals surface area contributed by atoms with Crippen molar-refractivity contribution in [1.29, 1.82) is 0 Å². The van der Waals surface area contributed by atoms with Crippen LogP contribution in [-0.2, 0) is 31.2 Å². The smallest absolute Gasteiger partial charge is 0.225 e. The second kappa shape index (κ2) is 12.5. The SMILES string of the molecule is CCCCOC1[C@@H](OCCCC)[C@H](C)C2(CO)COC1(c1ccc(Cl)c(Cc3ccc(OC)cc3)c1)O2. The monoisotopic (exact) mass is 532 g/mol. The summed E-state index contributed by atoms with van der Waals surface area (Å²) in [4.78, 5) is 0. The lowest BCUT2D eigenvalue weighted by Crippen LogP contribution is -2.63. The number of halogens is 1. The van der Waals surface area contributed by atoms with Gasteiger partial charge < -0.3 is 28.8 Å². The van der Waals surface area contributed by atoms with Crippen molar-refractivity contribution >= 4 is 11.6 Å². The Hall–Kier alpha value is -1.67. The molecule has 0 radical (unpaired) electrons. The summed E-state index contributed by atoms with van der Waals surface area (Å²) in [7, 11) is 1.66. The van der Waals surface area contributed by atoms with Crippen LogP contribution >= 0.6 is 11.6 Å². The van der Waals surface area contributed by atoms with E-state index in [0.29, 0.717) is 24.7 Å². The van der Waals surface area contributed by atoms with Gasteiger partial charge in [-0.25, -0.2) is 0 Å². The molecule has 0 amide bonds. The highest BCUT2D eigenvalue weighted by atomic mass is 35.5. The molecule has 0 aromatic heterocycles. The quantitative estimate of drug-likeness (QED) is 0.324. The van der Waals surface area contributed by atoms with Crippen molar-refractivity contribution in [1.82, 2.24) is 0 Å². The highest BCUT2D eigenvalue weighted by molar-refractivity contribution is 6.31. The lowest BCUT2D eigenvalue weighted by molar-refractivity contribution is -0.333. The number of hydrogen-bond acceptors (Lipinski definition) is 6. The number of hydrogen-bond donors (Lipinski definition) is 1. The van der Waals surface area contributed by atoms with Gasteiger partial charge in [0.15, 0.2) is 0 Å². The van der Waals surface area contributed by atoms with Crippen LogP contribution in [0.5, 0.6) is 5.75 Å². The van der Waals surface area contributed by atoms with Gasteiger partial charge in [0.05, 0.1) is 26.4 Å². The number of aliphatic hydroxyl groups excluding tert-OH is 1. The Bertz CT molecular complexity index is 1010. The number of rotatable bonds is 13. The molecule has 0 aliphatic carbocycles. The Labute approximate surface area is 226 Å². The maximum Gasteiger partial charge on any atom is 0.225 e. The van der Waals surface area contributed by atoms with Crippen molar-refractivity contribution in [3.05, 3.63) is 64.2 Å². The first-order valence-corrected chi connectivity index (χ1v) is 13.9. The van der Waals surface area contributed by atoms with Gasteiger partial charge in [-0.05, 0) is 54.7 Å². The minimum absolute atomic E-state index is 0.109. The van der Waals surface area contributed by atoms with Gasteiger partial charge in [-0.3, -0.25) is 0 Å². The minimum Gasteiger partial charge on any atom is -0.497 e. The lowest BCUT2D eigenvalue weighted by Gasteiger charge is -2.50. The average molecular weight is 533 g/mol. The number of methoxy groups -OCH3 is 1. The fraction of sp³-hybridized carbons (Fsp3) is 0.600. The van der Waals surface area contributed by atoms with E-state index in [0.717, 1.165) is 48.1 Å². The first-order chi connectivity index (χ1) is 17.9. The summed E-state index contributed by atoms with van der Waals surface area (Å²) >= 11 is 6.67. The third kappa shape index (κ3) is 5.70. The molecular weight excluding hydrogens is 492 g/mol. The second-order valence-electron chi connectivity index (χ2n) is 10.2. The van der Waals surface area contributed by atoms with E-state index in [-0.39, 0.29) is 25.2 Å². The molecule has 37 heavy (non-hydrogen) atoms. The number of ether oxygens (including phenoxy) is 5. The highest BCUT2D eigenvalue weighted by Crippen LogP contribution is 2.54. The zero-order valence-electron chi connectivity index (χ0n) is 22.5. The van der Waals surface area contributed by atoms with Gasteiger partial charge in [0.1, 0.15) is 17.5 Å². The Balaban J connectivity index is 1.72. The van der Waals surface area contributed by atoms with Gasteiger partial charge in [0, 0.05) is 29.7 Å². The molecule has 2 aliphatic heterocycles. The van der Waals surface area contributed by atoms with Crippen LogP contribution in [0.25, 0.3) is 0 Å². The average Bonchev–Trinajstić information content (AvgIpc) is 3.29. The predicted octanol–water partition coefficient (Wildman–Crippen LogP) is 5.89. The van der Waals surface area contributed by atoms with Gasteiger partial charge in [0.25, 0.3) is 0 Å². The third-order valence-corrected chi connectivity index (χ3v) is 8.12. The maximum atomic E-state index is 10.5. The number of benzene rings is 2. The van der Waals surface area contributed by atoms with E-state index in [4.69, 9.17) is 35.3 Å². The fourth-order valence-corrected chi connectivity index (χ4v) is 5.49. The number of aliphatic hydroxyl groups is 1. The third-order valence-electron chi connectivity index (χ3n) is 7.75. The van der Waals surface area contributed by atoms with Crippen molar-refractivity contribution in [2.75, 3.05) is 33.5 Å². The van der Waals surface area contributed by atoms with E-state index in [9.17, 15) is 5.11 Å². The molecule has 2 saturated heterocycles. The Morgan fingerprint density at radius 2 is 1.73 bits per heavy atom. The van der Waals surface area contributed by atoms with Gasteiger partial charge in [0.2, 0.25) is 5.79 Å². The number of fused-ring (bicyclic) bond motifs is 2. The molecule has 2 aliphatic rings. The summed E-state index contributed by atoms with van der Waals surface area (Å²) in [6, 6.07) is 13.9. The molecule has 6 nitrogen and oxygen atoms in total. The molecule has 0 spiro atoms. The van der Waals surface area contributed by atoms with Crippen LogP contribution in [0.2, 0.25) is 5.02 Å². The zero-order chi connectivity index (χ0) is 26.5. The molecule has 2 heterocycles. The van der Waals surface area contributed by atoms with Crippen LogP contribution in [-0.4, -0.2) is 56.5 Å². The van der Waals surface area contributed by atoms with Crippen LogP contribution in [0.15, 0.2) is 42.5 Å². The first-order valence-electron chi connectivity index (χ1n) is 13.5. The second-order valence-corrected chi connectivity index (χ2v) is 10.6. The molecule has 2 bridgehead atoms. The van der Waals surface area contributed by atoms with E-state index < -0.39 is 17.5 Å². The molecule has 3 unspecified atom stereocenters. The van der Waals surface area contributed by atoms with E-state index in [2.05, 4.69) is 26.8 Å². The molecular formula is C30H41ClO6. The molecule has 0 saturated carbocycles. The first kappa shape index (κ1) is 28.3. The molecule has 7 heteroatoms. The summed E-state index contributed by atoms with van der Waals surface area (Å²) in [5.41, 5.74) is 2.04. The Kier molecular flexibility index (Phi) is 9.54. The van der Waals surface area contributed by atoms with Gasteiger partial charge in [-0.1, -0.05) is 63.4 Å². The van der Waals surface area contributed by atoms with Crippen molar-refractivity contribution < 1.29 is 28.8 Å². The number of unbranched alkanes of at least 4 members (excludes halogenated alkanes) is 2. The van der Waals surface area contributed by atoms with Crippen molar-refractivity contribution in [3.8, 4) is 5.75 Å². The lowest BCUT2D eigenvalue weighted by atomic mass is 9.78. The van der Waals surface area contributed by atoms with Crippen molar-refractivity contribution in [3.63, 3.8) is 0 Å². The van der Waals surface area contributed by atoms with Crippen LogP contribution < -0.4 is 4.74 Å². The van der Waals surface area contributed by atoms with Gasteiger partial charge in [-0.2, -0.15) is 0 Å². The largest absolute Gasteiger partial charge is 0.497 e. The summed E-state index contributed by atoms with van der Waals surface area (Å²) < 4.78 is 31.6. The molecule has 4 rings (SSSR count). The zero-order valence-corrected chi connectivity index (χ0v) is 23.3. The molecule has 2 aromatic carbocycles. The maximum absolute atomic E-state index is 10.5. The minimum atomic E-state index is -1.20. The van der Waals surface area contributed by atoms with E-state index in [1.807, 2.05) is 36.4 Å². The molecule has 2 fully saturated rings. The summed E-state index contributed by atoms with van der Waals surface area (Å²) in [5, 5.41) is 11.2. The van der Waals surface area contributed by atoms with E-state index >= 15 is 0 Å². The van der Waals surface area contributed by atoms with Crippen molar-refractivity contribution in [2.24, 2.45) is 5.92 Å². The summed E-state index contributed by atoms with van der Waals surface area (Å²) in [5.74, 6) is -0.491. The van der Waals surface area contributed by atoms with Crippen LogP contribution in [0.1, 0.15) is 63.1 Å². The molecule has 2 aromatic rings. The summed E-state index contributed by atoms with van der Waals surface area (Å²) in [6.07, 6.45) is 3.82. The van der Waals surface area contributed by atoms with Gasteiger partial charge in [-0.15, -0.1) is 0 Å². The molecule has 204 valence electrons. The van der Waals surface area contributed by atoms with Crippen LogP contribution in [0, 0.1) is 5.92 Å². The van der Waals surface area contributed by atoms with Crippen LogP contribution in [0.4, 0.5) is 0 Å². The highest BCUT2D eigenvalue weighted by Gasteiger charge is 2.67. The Morgan fingerprint density at radius 3 is 2.38 bits per heavy atom. The van der Waals surface area contributed by atoms with Crippen molar-refractivity contribution in [2.45, 2.75) is 76.5 Å². The predicted molar refractivity (Wildman–Crippen MR) is 144 cm³/mol. The Morgan fingerprint density at radius 1 is 1.03 bits per heavy atom. The fourth-order valence-electron chi connectivity index (χ4n) is 5.31. The summed E-state index contributed by atoms with van der Waals surface area (Å²) in [6.45, 7) is 7.67. The standard InChI is InChI=1S/C30H41ClO6/c1-5-7-15-34-27-21(3)29(19-32)20-36-30(37-29,28(27)35-16-8-6-2)24-11-14-26(31)23(18-24)17-22-9-12-25(33-4)13-10-22/h9-14,18,21,27-28,32H,5-8,15-17,19-20H2,1-4H3/t21-,27-,28?,29?,30?/m0/s1. The normalized spacial score (nSPS) is 29.0. The molecule has 5 atom stereocenters. The van der Waals surface area contributed by atoms with E-state index in [1.54, 1.807) is 7.11 Å². The van der Waals surface area contributed by atoms with E-state index in [1.165, 1.54) is 0 Å². The van der Waals surface area contributed by atoms with Crippen LogP contribution in [0.3, 0.4) is 0 Å². The molecule has 1 N–H and O–H groups in total. The topological polar surface area (TPSA) is 66.4 Å². The van der Waals surface area contributed by atoms with Gasteiger partial charge >= 0.3 is 0 Å².